The van der Waals surface area contributed by atoms with Crippen LogP contribution in [0.3, 0.4) is 0 Å². The van der Waals surface area contributed by atoms with Gasteiger partial charge in [-0.05, 0) is 29.5 Å². The second-order valence-corrected chi connectivity index (χ2v) is 7.23. The van der Waals surface area contributed by atoms with E-state index in [9.17, 15) is 9.59 Å². The maximum Gasteiger partial charge on any atom is 0.328 e. The largest absolute Gasteiger partial charge is 0.467 e. The number of benzene rings is 1. The van der Waals surface area contributed by atoms with Crippen molar-refractivity contribution in [1.29, 1.82) is 0 Å². The van der Waals surface area contributed by atoms with Crippen LogP contribution in [0.2, 0.25) is 0 Å². The van der Waals surface area contributed by atoms with Crippen molar-refractivity contribution in [1.82, 2.24) is 5.32 Å². The summed E-state index contributed by atoms with van der Waals surface area (Å²) in [4.78, 5) is 24.3. The molecule has 0 heterocycles. The lowest BCUT2D eigenvalue weighted by Gasteiger charge is -2.20. The Morgan fingerprint density at radius 2 is 1.71 bits per heavy atom. The number of ether oxygens (including phenoxy) is 1. The summed E-state index contributed by atoms with van der Waals surface area (Å²) < 4.78 is 4.82. The number of esters is 1. The molecule has 1 N–H and O–H groups in total. The van der Waals surface area contributed by atoms with Gasteiger partial charge in [-0.3, -0.25) is 4.79 Å². The zero-order chi connectivity index (χ0) is 18.2. The fraction of sp³-hybridized carbons (Fsp3) is 0.600. The molecule has 1 rings (SSSR count). The van der Waals surface area contributed by atoms with Gasteiger partial charge in [-0.1, -0.05) is 65.5 Å². The summed E-state index contributed by atoms with van der Waals surface area (Å²) in [5.74, 6) is -0.618. The van der Waals surface area contributed by atoms with Gasteiger partial charge in [0.25, 0.3) is 5.91 Å². The van der Waals surface area contributed by atoms with Gasteiger partial charge in [0.1, 0.15) is 6.04 Å². The molecule has 0 saturated carbocycles. The number of carbonyl (C=O) groups excluding carboxylic acids is 2. The minimum atomic E-state index is -0.582. The van der Waals surface area contributed by atoms with Crippen LogP contribution >= 0.6 is 0 Å². The van der Waals surface area contributed by atoms with Gasteiger partial charge in [0, 0.05) is 5.56 Å². The first-order valence-electron chi connectivity index (χ1n) is 8.78. The average Bonchev–Trinajstić information content (AvgIpc) is 2.56. The number of carbonyl (C=O) groups is 2. The predicted octanol–water partition coefficient (Wildman–Crippen LogP) is 4.23. The molecule has 0 aromatic heterocycles. The van der Waals surface area contributed by atoms with E-state index in [4.69, 9.17) is 4.74 Å². The van der Waals surface area contributed by atoms with Crippen LogP contribution in [0.1, 0.15) is 75.7 Å². The Kier molecular flexibility index (Phi) is 7.96. The molecule has 4 heteroatoms. The molecule has 0 unspecified atom stereocenters. The minimum Gasteiger partial charge on any atom is -0.467 e. The normalized spacial score (nSPS) is 12.5. The maximum atomic E-state index is 12.4. The molecule has 0 saturated heterocycles. The maximum absolute atomic E-state index is 12.4. The van der Waals surface area contributed by atoms with E-state index in [0.29, 0.717) is 12.0 Å². The molecule has 134 valence electrons. The van der Waals surface area contributed by atoms with Crippen LogP contribution in [0.4, 0.5) is 0 Å². The summed E-state index contributed by atoms with van der Waals surface area (Å²) in [5, 5.41) is 2.81. The molecule has 0 fully saturated rings. The first-order valence-corrected chi connectivity index (χ1v) is 8.78. The van der Waals surface area contributed by atoms with E-state index in [1.807, 2.05) is 12.1 Å². The van der Waals surface area contributed by atoms with Crippen molar-refractivity contribution in [2.45, 2.75) is 71.3 Å². The van der Waals surface area contributed by atoms with Crippen LogP contribution < -0.4 is 5.32 Å². The zero-order valence-corrected chi connectivity index (χ0v) is 15.6. The number of hydrogen-bond donors (Lipinski definition) is 1. The van der Waals surface area contributed by atoms with Crippen LogP contribution in [0.5, 0.6) is 0 Å². The molecular formula is C20H31NO3. The zero-order valence-electron chi connectivity index (χ0n) is 15.6. The van der Waals surface area contributed by atoms with Crippen molar-refractivity contribution < 1.29 is 14.3 Å². The Hall–Kier alpha value is -1.84. The summed E-state index contributed by atoms with van der Waals surface area (Å²) in [7, 11) is 1.35. The lowest BCUT2D eigenvalue weighted by molar-refractivity contribution is -0.143. The smallest absolute Gasteiger partial charge is 0.328 e. The molecule has 1 aromatic carbocycles. The minimum absolute atomic E-state index is 0.0445. The Labute approximate surface area is 146 Å². The van der Waals surface area contributed by atoms with E-state index in [1.165, 1.54) is 12.7 Å². The molecule has 0 spiro atoms. The first kappa shape index (κ1) is 20.2. The van der Waals surface area contributed by atoms with Crippen LogP contribution in [0, 0.1) is 0 Å². The van der Waals surface area contributed by atoms with Crippen molar-refractivity contribution >= 4 is 11.9 Å². The molecule has 0 aliphatic carbocycles. The van der Waals surface area contributed by atoms with Crippen molar-refractivity contribution in [2.24, 2.45) is 0 Å². The fourth-order valence-corrected chi connectivity index (χ4v) is 2.53. The summed E-state index contributed by atoms with van der Waals surface area (Å²) in [6.45, 7) is 8.53. The molecule has 24 heavy (non-hydrogen) atoms. The topological polar surface area (TPSA) is 55.4 Å². The number of unbranched alkanes of at least 4 members (excludes halogenated alkanes) is 3. The molecule has 0 aliphatic heterocycles. The van der Waals surface area contributed by atoms with Crippen LogP contribution in [0.25, 0.3) is 0 Å². The molecule has 4 nitrogen and oxygen atoms in total. The van der Waals surface area contributed by atoms with Crippen molar-refractivity contribution in [2.75, 3.05) is 7.11 Å². The Morgan fingerprint density at radius 3 is 2.21 bits per heavy atom. The molecule has 0 bridgehead atoms. The van der Waals surface area contributed by atoms with Gasteiger partial charge < -0.3 is 10.1 Å². The number of nitrogens with one attached hydrogen (secondary N) is 1. The lowest BCUT2D eigenvalue weighted by Crippen LogP contribution is -2.41. The van der Waals surface area contributed by atoms with Crippen LogP contribution in [-0.2, 0) is 14.9 Å². The van der Waals surface area contributed by atoms with Gasteiger partial charge in [-0.25, -0.2) is 4.79 Å². The van der Waals surface area contributed by atoms with E-state index in [-0.39, 0.29) is 17.3 Å². The van der Waals surface area contributed by atoms with Gasteiger partial charge >= 0.3 is 5.97 Å². The van der Waals surface area contributed by atoms with E-state index >= 15 is 0 Å². The number of rotatable bonds is 8. The Bertz CT molecular complexity index is 529. The highest BCUT2D eigenvalue weighted by Crippen LogP contribution is 2.22. The van der Waals surface area contributed by atoms with Crippen molar-refractivity contribution in [3.05, 3.63) is 35.4 Å². The van der Waals surface area contributed by atoms with Gasteiger partial charge in [-0.2, -0.15) is 0 Å². The Balaban J connectivity index is 2.71. The monoisotopic (exact) mass is 333 g/mol. The van der Waals surface area contributed by atoms with Gasteiger partial charge in [0.05, 0.1) is 7.11 Å². The summed E-state index contributed by atoms with van der Waals surface area (Å²) in [6.07, 6.45) is 4.83. The number of amides is 1. The van der Waals surface area contributed by atoms with Crippen molar-refractivity contribution in [3.8, 4) is 0 Å². The molecule has 1 amide bonds. The summed E-state index contributed by atoms with van der Waals surface area (Å²) in [6, 6.07) is 6.96. The SMILES string of the molecule is CCCCCC[C@@H](NC(=O)c1ccc(C(C)(C)C)cc1)C(=O)OC. The molecular weight excluding hydrogens is 302 g/mol. The first-order chi connectivity index (χ1) is 11.3. The molecule has 0 aliphatic rings. The molecule has 1 atom stereocenters. The van der Waals surface area contributed by atoms with Gasteiger partial charge in [-0.15, -0.1) is 0 Å². The summed E-state index contributed by atoms with van der Waals surface area (Å²) in [5.41, 5.74) is 1.77. The number of hydrogen-bond acceptors (Lipinski definition) is 3. The third-order valence-electron chi connectivity index (χ3n) is 4.15. The lowest BCUT2D eigenvalue weighted by atomic mass is 9.86. The van der Waals surface area contributed by atoms with E-state index < -0.39 is 6.04 Å². The molecule has 1 aromatic rings. The average molecular weight is 333 g/mol. The molecule has 0 radical (unpaired) electrons. The highest BCUT2D eigenvalue weighted by Gasteiger charge is 2.22. The second kappa shape index (κ2) is 9.45. The standard InChI is InChI=1S/C20H31NO3/c1-6-7-8-9-10-17(19(23)24-5)21-18(22)15-11-13-16(14-12-15)20(2,3)4/h11-14,17H,6-10H2,1-5H3,(H,21,22)/t17-/m1/s1. The second-order valence-electron chi connectivity index (χ2n) is 7.23. The van der Waals surface area contributed by atoms with E-state index in [1.54, 1.807) is 12.1 Å². The van der Waals surface area contributed by atoms with Crippen LogP contribution in [0.15, 0.2) is 24.3 Å². The quantitative estimate of drug-likeness (QED) is 0.572. The predicted molar refractivity (Wildman–Crippen MR) is 97.2 cm³/mol. The third-order valence-corrected chi connectivity index (χ3v) is 4.15. The number of methoxy groups -OCH3 is 1. The van der Waals surface area contributed by atoms with Gasteiger partial charge in [0.15, 0.2) is 0 Å². The van der Waals surface area contributed by atoms with Gasteiger partial charge in [0.2, 0.25) is 0 Å². The Morgan fingerprint density at radius 1 is 1.08 bits per heavy atom. The van der Waals surface area contributed by atoms with Crippen LogP contribution in [-0.4, -0.2) is 25.0 Å². The fourth-order valence-electron chi connectivity index (χ4n) is 2.53. The van der Waals surface area contributed by atoms with E-state index in [2.05, 4.69) is 33.0 Å². The highest BCUT2D eigenvalue weighted by molar-refractivity contribution is 5.96. The highest BCUT2D eigenvalue weighted by atomic mass is 16.5. The summed E-state index contributed by atoms with van der Waals surface area (Å²) >= 11 is 0. The van der Waals surface area contributed by atoms with Crippen molar-refractivity contribution in [3.63, 3.8) is 0 Å². The van der Waals surface area contributed by atoms with E-state index in [0.717, 1.165) is 25.7 Å². The third kappa shape index (κ3) is 6.34.